The Kier molecular flexibility index (Phi) is 18.4. The number of terminal acetylenes is 2. The van der Waals surface area contributed by atoms with Gasteiger partial charge in [-0.15, -0.1) is 18.4 Å². The topological polar surface area (TPSA) is 214 Å². The van der Waals surface area contributed by atoms with Gasteiger partial charge in [0.05, 0.1) is 22.0 Å². The molecule has 14 nitrogen and oxygen atoms in total. The lowest BCUT2D eigenvalue weighted by Crippen LogP contribution is -2.15. The number of nitrogens with one attached hydrogen (secondary N) is 2. The van der Waals surface area contributed by atoms with E-state index in [4.69, 9.17) is 32.6 Å². The molecule has 2 aromatic heterocycles. The predicted octanol–water partition coefficient (Wildman–Crippen LogP) is 9.13. The van der Waals surface area contributed by atoms with Crippen LogP contribution in [0.3, 0.4) is 0 Å². The average Bonchev–Trinajstić information content (AvgIpc) is 3.14. The van der Waals surface area contributed by atoms with E-state index in [9.17, 15) is 16.8 Å². The molecule has 0 saturated heterocycles. The minimum Gasteiger partial charge on any atom is -0.489 e. The van der Waals surface area contributed by atoms with Crippen molar-refractivity contribution in [3.8, 4) is 35.8 Å². The highest BCUT2D eigenvalue weighted by molar-refractivity contribution is 9.10. The van der Waals surface area contributed by atoms with Gasteiger partial charge in [-0.2, -0.15) is 0 Å². The second-order valence-corrected chi connectivity index (χ2v) is 23.2. The van der Waals surface area contributed by atoms with Crippen LogP contribution >= 0.6 is 15.9 Å². The Morgan fingerprint density at radius 1 is 0.672 bits per heavy atom. The third kappa shape index (κ3) is 15.7. The van der Waals surface area contributed by atoms with E-state index in [0.717, 1.165) is 15.2 Å². The normalized spacial score (nSPS) is 11.0. The Hall–Kier alpha value is -5.60. The summed E-state index contributed by atoms with van der Waals surface area (Å²) in [5.74, 6) is 4.53. The zero-order chi connectivity index (χ0) is 43.7. The molecule has 0 amide bonds. The summed E-state index contributed by atoms with van der Waals surface area (Å²) in [5, 5.41) is 17.9. The van der Waals surface area contributed by atoms with Gasteiger partial charge >= 0.3 is 0 Å². The summed E-state index contributed by atoms with van der Waals surface area (Å²) in [4.78, 5) is 17.7. The van der Waals surface area contributed by atoms with Crippen LogP contribution in [0.2, 0.25) is 19.6 Å². The highest BCUT2D eigenvalue weighted by Crippen LogP contribution is 2.31. The first-order valence-electron chi connectivity index (χ1n) is 17.9. The van der Waals surface area contributed by atoms with Crippen molar-refractivity contribution in [3.05, 3.63) is 95.2 Å². The molecule has 6 N–H and O–H groups in total. The Morgan fingerprint density at radius 3 is 1.39 bits per heavy atom. The first-order chi connectivity index (χ1) is 27.5. The fourth-order valence-corrected chi connectivity index (χ4v) is 6.28. The van der Waals surface area contributed by atoms with Gasteiger partial charge in [-0.1, -0.05) is 56.3 Å². The van der Waals surface area contributed by atoms with Crippen molar-refractivity contribution in [2.45, 2.75) is 84.2 Å². The Labute approximate surface area is 369 Å². The largest absolute Gasteiger partial charge is 0.489 e. The number of anilines is 4. The number of fused-ring (bicyclic) bond motifs is 2. The molecule has 2 heterocycles. The second-order valence-electron chi connectivity index (χ2n) is 14.4. The molecule has 0 radical (unpaired) electrons. The highest BCUT2D eigenvalue weighted by atomic mass is 79.9. The number of benzene rings is 4. The molecule has 0 atom stereocenters. The van der Waals surface area contributed by atoms with Gasteiger partial charge in [0.25, 0.3) is 0 Å². The van der Waals surface area contributed by atoms with Gasteiger partial charge in [-0.3, -0.25) is 0 Å². The molecular weight excluding hydrogens is 897 g/mol. The Bertz CT molecular complexity index is 2750. The molecule has 0 fully saturated rings. The average molecular weight is 950 g/mol. The number of hydrogen-bond donors (Lipinski definition) is 4. The fourth-order valence-electron chi connectivity index (χ4n) is 4.80. The maximum atomic E-state index is 11.3. The summed E-state index contributed by atoms with van der Waals surface area (Å²) in [6.07, 6.45) is 13.9. The maximum Gasteiger partial charge on any atom is 0.238 e. The number of nitrogens with two attached hydrogens (primary N) is 2. The molecule has 0 aliphatic heterocycles. The van der Waals surface area contributed by atoms with Crippen LogP contribution in [0.15, 0.2) is 99.5 Å². The van der Waals surface area contributed by atoms with E-state index in [1.165, 1.54) is 24.3 Å². The number of hydrogen-bond acceptors (Lipinski definition) is 12. The van der Waals surface area contributed by atoms with E-state index in [2.05, 4.69) is 77.6 Å². The van der Waals surface area contributed by atoms with Gasteiger partial charge in [0, 0.05) is 44.6 Å². The van der Waals surface area contributed by atoms with Crippen molar-refractivity contribution in [2.75, 3.05) is 10.6 Å². The molecule has 0 bridgehead atoms. The number of ether oxygens (including phenoxy) is 2. The molecule has 6 rings (SSSR count). The van der Waals surface area contributed by atoms with Crippen molar-refractivity contribution in [1.29, 1.82) is 0 Å². The van der Waals surface area contributed by atoms with Crippen LogP contribution in [0.5, 0.6) is 11.5 Å². The highest BCUT2D eigenvalue weighted by Gasteiger charge is 2.13. The third-order valence-electron chi connectivity index (χ3n) is 7.46. The van der Waals surface area contributed by atoms with Crippen LogP contribution in [0, 0.1) is 24.3 Å². The van der Waals surface area contributed by atoms with E-state index in [-0.39, 0.29) is 36.9 Å². The third-order valence-corrected chi connectivity index (χ3v) is 10.6. The minimum absolute atomic E-state index is 0. The second kappa shape index (κ2) is 21.8. The minimum atomic E-state index is -3.74. The summed E-state index contributed by atoms with van der Waals surface area (Å²) >= 11 is 3.46. The van der Waals surface area contributed by atoms with E-state index >= 15 is 0 Å². The van der Waals surface area contributed by atoms with Crippen molar-refractivity contribution in [1.82, 2.24) is 19.9 Å². The number of primary sulfonamides is 2. The molecule has 0 spiro atoms. The number of rotatable bonds is 10. The maximum absolute atomic E-state index is 11.3. The quantitative estimate of drug-likeness (QED) is 0.0748. The van der Waals surface area contributed by atoms with E-state index in [0.29, 0.717) is 51.4 Å². The van der Waals surface area contributed by atoms with Crippen LogP contribution in [0.4, 0.5) is 23.3 Å². The smallest absolute Gasteiger partial charge is 0.238 e. The first kappa shape index (κ1) is 51.5. The van der Waals surface area contributed by atoms with Crippen LogP contribution in [0.25, 0.3) is 21.8 Å². The van der Waals surface area contributed by atoms with Crippen LogP contribution < -0.4 is 30.4 Å². The Balaban J connectivity index is 0.000000360. The van der Waals surface area contributed by atoms with Gasteiger partial charge in [0.2, 0.25) is 31.9 Å². The molecule has 61 heavy (non-hydrogen) atoms. The summed E-state index contributed by atoms with van der Waals surface area (Å²) in [5.41, 5.74) is 5.99. The standard InChI is InChI=1S/C19H18N4O3S.C17H17BrN4O3S.C5H10Si.2CH4/c1-4-13-9-14-11-21-19(23-18(14)17(10-13)26-12(2)3)22-15-5-7-16(8-6-15)27(20,24)25;1-10(2)25-15-8-12(18)7-11-9-20-17(22-16(11)15)21-13-3-5-14(6-4-13)26(19,23)24;1-5-6(2,3)4;;/h1,5-12H,2-3H3,(H2,20,24,25)(H,21,22,23);3-10H,1-2H3,(H2,19,23,24)(H,20,21,22);1H,2-4H3;2*1H4. The van der Waals surface area contributed by atoms with Crippen molar-refractivity contribution in [2.24, 2.45) is 10.3 Å². The zero-order valence-electron chi connectivity index (χ0n) is 33.5. The number of aromatic nitrogens is 4. The number of nitrogens with zero attached hydrogens (tertiary/aromatic N) is 4. The molecule has 0 aliphatic carbocycles. The van der Waals surface area contributed by atoms with Gasteiger partial charge in [-0.05, 0) is 100 Å². The van der Waals surface area contributed by atoms with E-state index < -0.39 is 28.1 Å². The van der Waals surface area contributed by atoms with Crippen LogP contribution in [-0.2, 0) is 20.0 Å². The summed E-state index contributed by atoms with van der Waals surface area (Å²) in [6.45, 7) is 14.2. The molecule has 0 saturated carbocycles. The SMILES string of the molecule is C.C.C#C[Si](C)(C)C.C#Cc1cc(OC(C)C)c2nc(Nc3ccc(S(N)(=O)=O)cc3)ncc2c1.CC(C)Oc1cc(Br)cc2cnc(Nc3ccc(S(N)(=O)=O)cc3)nc12. The lowest BCUT2D eigenvalue weighted by Gasteiger charge is -2.13. The van der Waals surface area contributed by atoms with Crippen molar-refractivity contribution in [3.63, 3.8) is 0 Å². The van der Waals surface area contributed by atoms with E-state index in [1.807, 2.05) is 45.9 Å². The molecule has 6 aromatic rings. The predicted molar refractivity (Wildman–Crippen MR) is 254 cm³/mol. The molecule has 324 valence electrons. The Morgan fingerprint density at radius 2 is 1.05 bits per heavy atom. The van der Waals surface area contributed by atoms with Gasteiger partial charge in [0.15, 0.2) is 0 Å². The fraction of sp³-hybridized carbons (Fsp3) is 0.256. The van der Waals surface area contributed by atoms with E-state index in [1.54, 1.807) is 42.7 Å². The lowest BCUT2D eigenvalue weighted by molar-refractivity contribution is 0.244. The molecular formula is C43H53BrN8O6S2Si. The van der Waals surface area contributed by atoms with Gasteiger partial charge in [0.1, 0.15) is 30.6 Å². The molecule has 4 aromatic carbocycles. The summed E-state index contributed by atoms with van der Waals surface area (Å²) in [7, 11) is -8.56. The first-order valence-corrected chi connectivity index (χ1v) is 25.3. The number of halogens is 1. The molecule has 18 heteroatoms. The summed E-state index contributed by atoms with van der Waals surface area (Å²) in [6, 6.07) is 19.4. The molecule has 0 aliphatic rings. The zero-order valence-corrected chi connectivity index (χ0v) is 37.7. The molecule has 0 unspecified atom stereocenters. The van der Waals surface area contributed by atoms with Gasteiger partial charge in [-0.25, -0.2) is 47.0 Å². The van der Waals surface area contributed by atoms with Crippen LogP contribution in [0.1, 0.15) is 48.1 Å². The monoisotopic (exact) mass is 948 g/mol. The van der Waals surface area contributed by atoms with Crippen molar-refractivity contribution >= 4 is 89.1 Å². The summed E-state index contributed by atoms with van der Waals surface area (Å²) < 4.78 is 57.8. The van der Waals surface area contributed by atoms with Gasteiger partial charge < -0.3 is 20.1 Å². The van der Waals surface area contributed by atoms with Crippen LogP contribution in [-0.4, -0.2) is 57.1 Å². The lowest BCUT2D eigenvalue weighted by atomic mass is 10.1. The van der Waals surface area contributed by atoms with Crippen molar-refractivity contribution < 1.29 is 26.3 Å². The number of sulfonamides is 2.